The molecule has 2 rings (SSSR count). The molecule has 106 valence electrons. The van der Waals surface area contributed by atoms with Gasteiger partial charge in [0.25, 0.3) is 0 Å². The SMILES string of the molecule is CCc1cccc(C)c1NCc1cc(C(=O)OC)co1. The molecule has 0 amide bonds. The monoisotopic (exact) mass is 273 g/mol. The van der Waals surface area contributed by atoms with Crippen molar-refractivity contribution in [3.63, 3.8) is 0 Å². The van der Waals surface area contributed by atoms with Crippen LogP contribution in [0.3, 0.4) is 0 Å². The van der Waals surface area contributed by atoms with Gasteiger partial charge < -0.3 is 14.5 Å². The lowest BCUT2D eigenvalue weighted by Crippen LogP contribution is -2.03. The molecule has 2 aromatic rings. The van der Waals surface area contributed by atoms with E-state index in [0.29, 0.717) is 17.9 Å². The Balaban J connectivity index is 2.09. The minimum absolute atomic E-state index is 0.384. The first-order valence-electron chi connectivity index (χ1n) is 6.63. The second kappa shape index (κ2) is 6.28. The van der Waals surface area contributed by atoms with E-state index in [2.05, 4.69) is 42.1 Å². The third-order valence-electron chi connectivity index (χ3n) is 3.25. The molecule has 20 heavy (non-hydrogen) atoms. The molecule has 0 atom stereocenters. The predicted molar refractivity (Wildman–Crippen MR) is 77.9 cm³/mol. The molecule has 0 aliphatic rings. The number of methoxy groups -OCH3 is 1. The summed E-state index contributed by atoms with van der Waals surface area (Å²) in [6.07, 6.45) is 2.39. The van der Waals surface area contributed by atoms with Crippen LogP contribution in [0.2, 0.25) is 0 Å². The van der Waals surface area contributed by atoms with Crippen LogP contribution in [0.1, 0.15) is 34.2 Å². The lowest BCUT2D eigenvalue weighted by atomic mass is 10.1. The van der Waals surface area contributed by atoms with E-state index in [1.165, 1.54) is 24.5 Å². The molecule has 0 aliphatic carbocycles. The molecule has 0 spiro atoms. The molecule has 1 heterocycles. The van der Waals surface area contributed by atoms with Gasteiger partial charge in [0.05, 0.1) is 19.2 Å². The van der Waals surface area contributed by atoms with Crippen molar-refractivity contribution in [2.45, 2.75) is 26.8 Å². The maximum Gasteiger partial charge on any atom is 0.341 e. The highest BCUT2D eigenvalue weighted by Gasteiger charge is 2.11. The summed E-state index contributed by atoms with van der Waals surface area (Å²) in [5, 5.41) is 3.37. The molecular formula is C16H19NO3. The van der Waals surface area contributed by atoms with Crippen LogP contribution >= 0.6 is 0 Å². The van der Waals surface area contributed by atoms with Crippen LogP contribution in [0.4, 0.5) is 5.69 Å². The molecule has 0 saturated carbocycles. The molecule has 0 fully saturated rings. The van der Waals surface area contributed by atoms with E-state index in [9.17, 15) is 4.79 Å². The Morgan fingerprint density at radius 3 is 2.90 bits per heavy atom. The predicted octanol–water partition coefficient (Wildman–Crippen LogP) is 3.55. The minimum Gasteiger partial charge on any atom is -0.467 e. The van der Waals surface area contributed by atoms with Crippen LogP contribution in [-0.2, 0) is 17.7 Å². The average molecular weight is 273 g/mol. The zero-order valence-corrected chi connectivity index (χ0v) is 12.0. The van der Waals surface area contributed by atoms with Crippen molar-refractivity contribution in [1.82, 2.24) is 0 Å². The summed E-state index contributed by atoms with van der Waals surface area (Å²) in [6.45, 7) is 4.74. The molecule has 1 aromatic heterocycles. The Morgan fingerprint density at radius 2 is 2.20 bits per heavy atom. The van der Waals surface area contributed by atoms with E-state index in [0.717, 1.165) is 12.1 Å². The number of anilines is 1. The summed E-state index contributed by atoms with van der Waals surface area (Å²) >= 11 is 0. The number of hydrogen-bond donors (Lipinski definition) is 1. The Hall–Kier alpha value is -2.23. The quantitative estimate of drug-likeness (QED) is 0.846. The van der Waals surface area contributed by atoms with Crippen LogP contribution < -0.4 is 5.32 Å². The van der Waals surface area contributed by atoms with Crippen molar-refractivity contribution < 1.29 is 13.9 Å². The van der Waals surface area contributed by atoms with Gasteiger partial charge >= 0.3 is 5.97 Å². The number of furan rings is 1. The molecule has 0 saturated heterocycles. The smallest absolute Gasteiger partial charge is 0.341 e. The van der Waals surface area contributed by atoms with E-state index in [-0.39, 0.29) is 5.97 Å². The Morgan fingerprint density at radius 1 is 1.40 bits per heavy atom. The van der Waals surface area contributed by atoms with Crippen LogP contribution in [0.25, 0.3) is 0 Å². The van der Waals surface area contributed by atoms with E-state index in [1.807, 2.05) is 0 Å². The van der Waals surface area contributed by atoms with E-state index >= 15 is 0 Å². The van der Waals surface area contributed by atoms with Gasteiger partial charge in [0.15, 0.2) is 0 Å². The van der Waals surface area contributed by atoms with Crippen molar-refractivity contribution in [1.29, 1.82) is 0 Å². The second-order valence-electron chi connectivity index (χ2n) is 4.61. The maximum atomic E-state index is 11.4. The van der Waals surface area contributed by atoms with Gasteiger partial charge in [-0.1, -0.05) is 25.1 Å². The molecule has 1 N–H and O–H groups in total. The largest absolute Gasteiger partial charge is 0.467 e. The molecule has 0 bridgehead atoms. The molecular weight excluding hydrogens is 254 g/mol. The molecule has 4 heteroatoms. The third-order valence-corrected chi connectivity index (χ3v) is 3.25. The van der Waals surface area contributed by atoms with Gasteiger partial charge in [0.1, 0.15) is 12.0 Å². The summed E-state index contributed by atoms with van der Waals surface area (Å²) in [5.41, 5.74) is 4.03. The molecule has 0 unspecified atom stereocenters. The number of esters is 1. The maximum absolute atomic E-state index is 11.4. The lowest BCUT2D eigenvalue weighted by molar-refractivity contribution is 0.0600. The fourth-order valence-electron chi connectivity index (χ4n) is 2.15. The third kappa shape index (κ3) is 3.02. The summed E-state index contributed by atoms with van der Waals surface area (Å²) < 4.78 is 10.0. The fourth-order valence-corrected chi connectivity index (χ4v) is 2.15. The number of ether oxygens (including phenoxy) is 1. The van der Waals surface area contributed by atoms with Crippen LogP contribution in [-0.4, -0.2) is 13.1 Å². The Labute approximate surface area is 118 Å². The highest BCUT2D eigenvalue weighted by Crippen LogP contribution is 2.22. The van der Waals surface area contributed by atoms with Crippen LogP contribution in [0, 0.1) is 6.92 Å². The first kappa shape index (κ1) is 14.2. The number of nitrogens with one attached hydrogen (secondary N) is 1. The standard InChI is InChI=1S/C16H19NO3/c1-4-12-7-5-6-11(2)15(12)17-9-14-8-13(10-20-14)16(18)19-3/h5-8,10,17H,4,9H2,1-3H3. The second-order valence-corrected chi connectivity index (χ2v) is 4.61. The number of hydrogen-bond acceptors (Lipinski definition) is 4. The molecule has 1 aromatic carbocycles. The first-order chi connectivity index (χ1) is 9.65. The summed E-state index contributed by atoms with van der Waals surface area (Å²) in [5.74, 6) is 0.320. The highest BCUT2D eigenvalue weighted by atomic mass is 16.5. The van der Waals surface area contributed by atoms with Crippen LogP contribution in [0.15, 0.2) is 34.9 Å². The van der Waals surface area contributed by atoms with E-state index in [4.69, 9.17) is 4.42 Å². The number of rotatable bonds is 5. The topological polar surface area (TPSA) is 51.5 Å². The number of carbonyl (C=O) groups is 1. The average Bonchev–Trinajstić information content (AvgIpc) is 2.93. The van der Waals surface area contributed by atoms with Crippen LogP contribution in [0.5, 0.6) is 0 Å². The van der Waals surface area contributed by atoms with Gasteiger partial charge in [-0.15, -0.1) is 0 Å². The first-order valence-corrected chi connectivity index (χ1v) is 6.63. The molecule has 4 nitrogen and oxygen atoms in total. The van der Waals surface area contributed by atoms with Crippen molar-refractivity contribution in [3.8, 4) is 0 Å². The number of aryl methyl sites for hydroxylation is 2. The molecule has 0 radical (unpaired) electrons. The van der Waals surface area contributed by atoms with Crippen molar-refractivity contribution in [2.24, 2.45) is 0 Å². The zero-order chi connectivity index (χ0) is 14.5. The number of carbonyl (C=O) groups excluding carboxylic acids is 1. The normalized spacial score (nSPS) is 10.3. The Kier molecular flexibility index (Phi) is 4.45. The number of para-hydroxylation sites is 1. The Bertz CT molecular complexity index is 602. The summed E-state index contributed by atoms with van der Waals surface area (Å²) in [4.78, 5) is 11.4. The fraction of sp³-hybridized carbons (Fsp3) is 0.312. The summed E-state index contributed by atoms with van der Waals surface area (Å²) in [6, 6.07) is 7.94. The highest BCUT2D eigenvalue weighted by molar-refractivity contribution is 5.89. The van der Waals surface area contributed by atoms with Gasteiger partial charge in [-0.2, -0.15) is 0 Å². The number of benzene rings is 1. The van der Waals surface area contributed by atoms with E-state index < -0.39 is 0 Å². The van der Waals surface area contributed by atoms with E-state index in [1.54, 1.807) is 6.07 Å². The van der Waals surface area contributed by atoms with Crippen molar-refractivity contribution in [3.05, 3.63) is 53.0 Å². The molecule has 0 aliphatic heterocycles. The van der Waals surface area contributed by atoms with Gasteiger partial charge in [-0.25, -0.2) is 4.79 Å². The lowest BCUT2D eigenvalue weighted by Gasteiger charge is -2.12. The van der Waals surface area contributed by atoms with Gasteiger partial charge in [-0.05, 0) is 30.5 Å². The van der Waals surface area contributed by atoms with Gasteiger partial charge in [-0.3, -0.25) is 0 Å². The zero-order valence-electron chi connectivity index (χ0n) is 12.0. The van der Waals surface area contributed by atoms with Gasteiger partial charge in [0, 0.05) is 5.69 Å². The van der Waals surface area contributed by atoms with Crippen molar-refractivity contribution in [2.75, 3.05) is 12.4 Å². The van der Waals surface area contributed by atoms with Crippen molar-refractivity contribution >= 4 is 11.7 Å². The minimum atomic E-state index is -0.384. The van der Waals surface area contributed by atoms with Gasteiger partial charge in [0.2, 0.25) is 0 Å². The summed E-state index contributed by atoms with van der Waals surface area (Å²) in [7, 11) is 1.36.